The van der Waals surface area contributed by atoms with Gasteiger partial charge in [-0.1, -0.05) is 20.8 Å². The van der Waals surface area contributed by atoms with Crippen molar-refractivity contribution in [3.63, 3.8) is 0 Å². The molecule has 84 valence electrons. The van der Waals surface area contributed by atoms with E-state index in [-0.39, 0.29) is 5.41 Å². The average molecular weight is 222 g/mol. The maximum atomic E-state index is 11.1. The van der Waals surface area contributed by atoms with Gasteiger partial charge in [0.2, 0.25) is 0 Å². The Bertz CT molecular complexity index is 219. The lowest BCUT2D eigenvalue weighted by Crippen LogP contribution is -2.25. The van der Waals surface area contributed by atoms with Gasteiger partial charge in [-0.25, -0.2) is 4.21 Å². The maximum Gasteiger partial charge on any atom is 0.323 e. The van der Waals surface area contributed by atoms with Crippen LogP contribution in [0.3, 0.4) is 0 Å². The Morgan fingerprint density at radius 3 is 2.36 bits per heavy atom. The first-order chi connectivity index (χ1) is 6.24. The van der Waals surface area contributed by atoms with Gasteiger partial charge in [-0.2, -0.15) is 0 Å². The SMILES string of the molecule is CC(C(=O)OCCC(C)(C)C)S(=O)O. The van der Waals surface area contributed by atoms with Crippen molar-refractivity contribution < 1.29 is 18.3 Å². The predicted molar refractivity (Wildman–Crippen MR) is 55.3 cm³/mol. The Labute approximate surface area is 87.3 Å². The van der Waals surface area contributed by atoms with Gasteiger partial charge in [0.1, 0.15) is 0 Å². The molecule has 0 fully saturated rings. The minimum atomic E-state index is -2.14. The van der Waals surface area contributed by atoms with Crippen LogP contribution in [0.5, 0.6) is 0 Å². The zero-order valence-corrected chi connectivity index (χ0v) is 9.89. The first kappa shape index (κ1) is 13.6. The van der Waals surface area contributed by atoms with E-state index in [1.807, 2.05) is 20.8 Å². The number of ether oxygens (including phenoxy) is 1. The first-order valence-electron chi connectivity index (χ1n) is 4.50. The van der Waals surface area contributed by atoms with Gasteiger partial charge in [-0.05, 0) is 18.8 Å². The molecule has 0 rings (SSSR count). The van der Waals surface area contributed by atoms with Crippen molar-refractivity contribution in [2.45, 2.75) is 39.4 Å². The molecule has 0 saturated heterocycles. The topological polar surface area (TPSA) is 63.6 Å². The van der Waals surface area contributed by atoms with E-state index in [0.717, 1.165) is 6.42 Å². The van der Waals surface area contributed by atoms with E-state index in [0.29, 0.717) is 6.61 Å². The van der Waals surface area contributed by atoms with Crippen LogP contribution in [0.25, 0.3) is 0 Å². The molecular formula is C9H18O4S. The maximum absolute atomic E-state index is 11.1. The van der Waals surface area contributed by atoms with E-state index in [1.54, 1.807) is 0 Å². The van der Waals surface area contributed by atoms with Crippen LogP contribution < -0.4 is 0 Å². The highest BCUT2D eigenvalue weighted by Gasteiger charge is 2.20. The van der Waals surface area contributed by atoms with E-state index in [9.17, 15) is 9.00 Å². The van der Waals surface area contributed by atoms with E-state index < -0.39 is 22.3 Å². The Balaban J connectivity index is 3.81. The molecule has 0 spiro atoms. The molecule has 0 bridgehead atoms. The quantitative estimate of drug-likeness (QED) is 0.579. The molecule has 5 heteroatoms. The molecule has 0 saturated carbocycles. The summed E-state index contributed by atoms with van der Waals surface area (Å²) in [6.07, 6.45) is 0.740. The predicted octanol–water partition coefficient (Wildman–Crippen LogP) is 1.58. The lowest BCUT2D eigenvalue weighted by Gasteiger charge is -2.18. The van der Waals surface area contributed by atoms with Gasteiger partial charge in [-0.15, -0.1) is 0 Å². The summed E-state index contributed by atoms with van der Waals surface area (Å²) in [6.45, 7) is 7.77. The Morgan fingerprint density at radius 1 is 1.50 bits per heavy atom. The van der Waals surface area contributed by atoms with Gasteiger partial charge in [0.25, 0.3) is 0 Å². The number of carbonyl (C=O) groups is 1. The molecule has 0 aliphatic heterocycles. The van der Waals surface area contributed by atoms with Gasteiger partial charge in [0.15, 0.2) is 16.3 Å². The van der Waals surface area contributed by atoms with Crippen molar-refractivity contribution in [1.82, 2.24) is 0 Å². The van der Waals surface area contributed by atoms with Gasteiger partial charge in [-0.3, -0.25) is 4.79 Å². The highest BCUT2D eigenvalue weighted by atomic mass is 32.2. The van der Waals surface area contributed by atoms with E-state index in [4.69, 9.17) is 9.29 Å². The Hall–Kier alpha value is -0.420. The summed E-state index contributed by atoms with van der Waals surface area (Å²) in [7, 11) is 0. The third-order valence-corrected chi connectivity index (χ3v) is 2.53. The Kier molecular flexibility index (Phi) is 5.29. The van der Waals surface area contributed by atoms with Gasteiger partial charge >= 0.3 is 5.97 Å². The fourth-order valence-electron chi connectivity index (χ4n) is 0.657. The van der Waals surface area contributed by atoms with Gasteiger partial charge in [0.05, 0.1) is 6.61 Å². The van der Waals surface area contributed by atoms with Crippen LogP contribution in [0.4, 0.5) is 0 Å². The van der Waals surface area contributed by atoms with Crippen LogP contribution in [-0.4, -0.2) is 26.6 Å². The number of carbonyl (C=O) groups excluding carboxylic acids is 1. The average Bonchev–Trinajstić information content (AvgIpc) is 2.00. The summed E-state index contributed by atoms with van der Waals surface area (Å²) in [6, 6.07) is 0. The molecule has 0 radical (unpaired) electrons. The molecule has 1 N–H and O–H groups in total. The van der Waals surface area contributed by atoms with Crippen molar-refractivity contribution in [3.8, 4) is 0 Å². The molecule has 0 aromatic carbocycles. The van der Waals surface area contributed by atoms with Crippen molar-refractivity contribution in [2.24, 2.45) is 5.41 Å². The summed E-state index contributed by atoms with van der Waals surface area (Å²) in [4.78, 5) is 11.1. The molecule has 2 atom stereocenters. The number of rotatable bonds is 4. The van der Waals surface area contributed by atoms with E-state index in [1.165, 1.54) is 6.92 Å². The smallest absolute Gasteiger partial charge is 0.323 e. The zero-order valence-electron chi connectivity index (χ0n) is 9.07. The van der Waals surface area contributed by atoms with Crippen molar-refractivity contribution >= 4 is 17.0 Å². The van der Waals surface area contributed by atoms with Crippen LogP contribution in [0.15, 0.2) is 0 Å². The molecular weight excluding hydrogens is 204 g/mol. The first-order valence-corrected chi connectivity index (χ1v) is 5.67. The fourth-order valence-corrected chi connectivity index (χ4v) is 0.890. The summed E-state index contributed by atoms with van der Waals surface area (Å²) >= 11 is -2.14. The standard InChI is InChI=1S/C9H18O4S/c1-7(14(11)12)8(10)13-6-5-9(2,3)4/h7H,5-6H2,1-4H3,(H,11,12). The number of hydrogen-bond acceptors (Lipinski definition) is 3. The minimum absolute atomic E-state index is 0.0991. The third kappa shape index (κ3) is 6.10. The number of esters is 1. The zero-order chi connectivity index (χ0) is 11.4. The van der Waals surface area contributed by atoms with Crippen molar-refractivity contribution in [1.29, 1.82) is 0 Å². The van der Waals surface area contributed by atoms with Gasteiger partial charge < -0.3 is 9.29 Å². The molecule has 4 nitrogen and oxygen atoms in total. The molecule has 0 aromatic heterocycles. The molecule has 0 heterocycles. The molecule has 14 heavy (non-hydrogen) atoms. The fraction of sp³-hybridized carbons (Fsp3) is 0.889. The molecule has 0 amide bonds. The second-order valence-corrected chi connectivity index (χ2v) is 5.66. The monoisotopic (exact) mass is 222 g/mol. The van der Waals surface area contributed by atoms with E-state index in [2.05, 4.69) is 0 Å². The highest BCUT2D eigenvalue weighted by Crippen LogP contribution is 2.18. The van der Waals surface area contributed by atoms with Crippen molar-refractivity contribution in [3.05, 3.63) is 0 Å². The lowest BCUT2D eigenvalue weighted by atomic mass is 9.93. The summed E-state index contributed by atoms with van der Waals surface area (Å²) < 4.78 is 24.0. The van der Waals surface area contributed by atoms with Crippen molar-refractivity contribution in [2.75, 3.05) is 6.61 Å². The van der Waals surface area contributed by atoms with Crippen LogP contribution in [0, 0.1) is 5.41 Å². The highest BCUT2D eigenvalue weighted by molar-refractivity contribution is 7.80. The third-order valence-electron chi connectivity index (χ3n) is 1.73. The largest absolute Gasteiger partial charge is 0.465 e. The summed E-state index contributed by atoms with van der Waals surface area (Å²) in [5, 5.41) is -0.963. The minimum Gasteiger partial charge on any atom is -0.465 e. The van der Waals surface area contributed by atoms with Crippen LogP contribution in [0.1, 0.15) is 34.1 Å². The summed E-state index contributed by atoms with van der Waals surface area (Å²) in [5.41, 5.74) is 0.0991. The summed E-state index contributed by atoms with van der Waals surface area (Å²) in [5.74, 6) is -0.616. The molecule has 0 aliphatic carbocycles. The Morgan fingerprint density at radius 2 is 2.00 bits per heavy atom. The number of hydrogen-bond donors (Lipinski definition) is 1. The molecule has 2 unspecified atom stereocenters. The normalized spacial score (nSPS) is 16.1. The van der Waals surface area contributed by atoms with Gasteiger partial charge in [0, 0.05) is 0 Å². The second-order valence-electron chi connectivity index (χ2n) is 4.40. The van der Waals surface area contributed by atoms with Crippen LogP contribution in [-0.2, 0) is 20.6 Å². The molecule has 0 aliphatic rings. The van der Waals surface area contributed by atoms with E-state index >= 15 is 0 Å². The second kappa shape index (κ2) is 5.46. The van der Waals surface area contributed by atoms with Crippen LogP contribution in [0.2, 0.25) is 0 Å². The molecule has 0 aromatic rings. The lowest BCUT2D eigenvalue weighted by molar-refractivity contribution is -0.143. The van der Waals surface area contributed by atoms with Crippen LogP contribution >= 0.6 is 0 Å².